The third-order valence-corrected chi connectivity index (χ3v) is 2.85. The Morgan fingerprint density at radius 2 is 2.05 bits per heavy atom. The molecule has 2 heterocycles. The highest BCUT2D eigenvalue weighted by Crippen LogP contribution is 2.18. The number of fused-ring (bicyclic) bond motifs is 1. The predicted octanol–water partition coefficient (Wildman–Crippen LogP) is 1.66. The minimum Gasteiger partial charge on any atom is -0.437 e. The Bertz CT molecular complexity index is 775. The van der Waals surface area contributed by atoms with Crippen LogP contribution in [0.3, 0.4) is 0 Å². The van der Waals surface area contributed by atoms with Crippen LogP contribution >= 0.6 is 0 Å². The summed E-state index contributed by atoms with van der Waals surface area (Å²) >= 11 is 0. The molecule has 0 saturated heterocycles. The third kappa shape index (κ3) is 2.46. The van der Waals surface area contributed by atoms with E-state index in [-0.39, 0.29) is 0 Å². The van der Waals surface area contributed by atoms with Crippen molar-refractivity contribution in [2.75, 3.05) is 0 Å². The van der Waals surface area contributed by atoms with Crippen LogP contribution in [0.5, 0.6) is 0 Å². The molecule has 0 amide bonds. The highest BCUT2D eigenvalue weighted by atomic mass is 16.5. The fourth-order valence-corrected chi connectivity index (χ4v) is 1.96. The molecule has 0 bridgehead atoms. The summed E-state index contributed by atoms with van der Waals surface area (Å²) in [7, 11) is 0. The van der Waals surface area contributed by atoms with Gasteiger partial charge >= 0.3 is 0 Å². The highest BCUT2D eigenvalue weighted by Gasteiger charge is 2.09. The highest BCUT2D eigenvalue weighted by molar-refractivity contribution is 5.84. The zero-order chi connectivity index (χ0) is 13.1. The molecule has 0 atom stereocenters. The van der Waals surface area contributed by atoms with E-state index >= 15 is 0 Å². The minimum absolute atomic E-state index is 0.454. The maximum absolute atomic E-state index is 5.66. The van der Waals surface area contributed by atoms with Gasteiger partial charge in [0.25, 0.3) is 0 Å². The van der Waals surface area contributed by atoms with Crippen molar-refractivity contribution in [3.05, 3.63) is 64.7 Å². The van der Waals surface area contributed by atoms with Gasteiger partial charge in [-0.15, -0.1) is 0 Å². The fraction of sp³-hybridized carbons (Fsp3) is 0.0625. The molecule has 0 spiro atoms. The SMILES string of the molecule is C=C1/C=c2/cccc/c2=C/CC2=C(N=C=CC=N2)O1. The van der Waals surface area contributed by atoms with Crippen molar-refractivity contribution < 1.29 is 4.74 Å². The molecule has 3 nitrogen and oxygen atoms in total. The number of allylic oxidation sites excluding steroid dienone is 3. The standard InChI is InChI=1S/C16H12N2O/c1-12-11-14-6-3-2-5-13(14)7-8-15-16(19-12)18-10-4-9-17-15/h2-7,9,11H,1,8H2/b13-7-,14-11-. The Morgan fingerprint density at radius 3 is 2.95 bits per heavy atom. The molecule has 19 heavy (non-hydrogen) atoms. The van der Waals surface area contributed by atoms with Crippen LogP contribution in [-0.4, -0.2) is 12.1 Å². The van der Waals surface area contributed by atoms with E-state index < -0.39 is 0 Å². The molecular weight excluding hydrogens is 236 g/mol. The van der Waals surface area contributed by atoms with Gasteiger partial charge in [0.2, 0.25) is 5.88 Å². The van der Waals surface area contributed by atoms with Gasteiger partial charge in [0.1, 0.15) is 11.5 Å². The summed E-state index contributed by atoms with van der Waals surface area (Å²) in [5, 5.41) is 2.21. The molecule has 2 aliphatic heterocycles. The molecule has 3 heteroatoms. The first kappa shape index (κ1) is 11.5. The second-order valence-electron chi connectivity index (χ2n) is 4.19. The normalized spacial score (nSPS) is 20.5. The van der Waals surface area contributed by atoms with Crippen LogP contribution in [0.25, 0.3) is 12.2 Å². The number of nitrogens with zero attached hydrogens (tertiary/aromatic N) is 2. The van der Waals surface area contributed by atoms with Gasteiger partial charge in [0.05, 0.1) is 0 Å². The Hall–Kier alpha value is -2.64. The Labute approximate surface area is 111 Å². The molecule has 0 saturated carbocycles. The van der Waals surface area contributed by atoms with Crippen molar-refractivity contribution in [2.24, 2.45) is 9.98 Å². The fourth-order valence-electron chi connectivity index (χ4n) is 1.96. The quantitative estimate of drug-likeness (QED) is 0.687. The van der Waals surface area contributed by atoms with E-state index in [0.717, 1.165) is 16.1 Å². The molecule has 0 fully saturated rings. The van der Waals surface area contributed by atoms with E-state index in [2.05, 4.69) is 34.6 Å². The van der Waals surface area contributed by atoms with Gasteiger partial charge < -0.3 is 4.74 Å². The maximum Gasteiger partial charge on any atom is 0.249 e. The number of hydrogen-bond acceptors (Lipinski definition) is 3. The van der Waals surface area contributed by atoms with E-state index in [9.17, 15) is 0 Å². The zero-order valence-electron chi connectivity index (χ0n) is 10.3. The second kappa shape index (κ2) is 4.92. The Balaban J connectivity index is 2.18. The van der Waals surface area contributed by atoms with Crippen molar-refractivity contribution in [3.63, 3.8) is 0 Å². The topological polar surface area (TPSA) is 34.0 Å². The van der Waals surface area contributed by atoms with Crippen LogP contribution in [0.1, 0.15) is 6.42 Å². The first-order chi connectivity index (χ1) is 9.33. The average Bonchev–Trinajstić information content (AvgIpc) is 2.59. The van der Waals surface area contributed by atoms with Crippen molar-refractivity contribution in [1.82, 2.24) is 0 Å². The monoisotopic (exact) mass is 248 g/mol. The largest absolute Gasteiger partial charge is 0.437 e. The summed E-state index contributed by atoms with van der Waals surface area (Å²) < 4.78 is 5.66. The van der Waals surface area contributed by atoms with E-state index in [1.54, 1.807) is 12.3 Å². The summed E-state index contributed by atoms with van der Waals surface area (Å²) in [5.74, 6) is 3.75. The Kier molecular flexibility index (Phi) is 2.97. The van der Waals surface area contributed by atoms with Crippen LogP contribution in [-0.2, 0) is 4.74 Å². The molecule has 1 aromatic carbocycles. The lowest BCUT2D eigenvalue weighted by Crippen LogP contribution is -2.23. The minimum atomic E-state index is 0.454. The van der Waals surface area contributed by atoms with E-state index in [0.29, 0.717) is 18.1 Å². The van der Waals surface area contributed by atoms with E-state index in [1.807, 2.05) is 24.3 Å². The van der Waals surface area contributed by atoms with Gasteiger partial charge in [-0.3, -0.25) is 4.99 Å². The maximum atomic E-state index is 5.66. The lowest BCUT2D eigenvalue weighted by molar-refractivity contribution is 0.319. The van der Waals surface area contributed by atoms with Crippen LogP contribution < -0.4 is 10.4 Å². The summed E-state index contributed by atoms with van der Waals surface area (Å²) in [6.45, 7) is 3.90. The summed E-state index contributed by atoms with van der Waals surface area (Å²) in [4.78, 5) is 8.46. The van der Waals surface area contributed by atoms with Crippen molar-refractivity contribution >= 4 is 24.2 Å². The molecule has 0 aromatic heterocycles. The molecular formula is C16H12N2O. The van der Waals surface area contributed by atoms with Gasteiger partial charge in [-0.2, -0.15) is 4.99 Å². The zero-order valence-corrected chi connectivity index (χ0v) is 10.3. The van der Waals surface area contributed by atoms with Gasteiger partial charge in [-0.1, -0.05) is 36.9 Å². The van der Waals surface area contributed by atoms with E-state index in [1.165, 1.54) is 0 Å². The first-order valence-electron chi connectivity index (χ1n) is 6.02. The first-order valence-corrected chi connectivity index (χ1v) is 6.02. The second-order valence-corrected chi connectivity index (χ2v) is 4.19. The van der Waals surface area contributed by atoms with E-state index in [4.69, 9.17) is 4.74 Å². The van der Waals surface area contributed by atoms with Crippen LogP contribution in [0, 0.1) is 0 Å². The lowest BCUT2D eigenvalue weighted by Gasteiger charge is -2.06. The number of ether oxygens (including phenoxy) is 1. The molecule has 0 unspecified atom stereocenters. The predicted molar refractivity (Wildman–Crippen MR) is 77.0 cm³/mol. The average molecular weight is 248 g/mol. The summed E-state index contributed by atoms with van der Waals surface area (Å²) in [6.07, 6.45) is 7.99. The van der Waals surface area contributed by atoms with Crippen LogP contribution in [0.4, 0.5) is 0 Å². The third-order valence-electron chi connectivity index (χ3n) is 2.85. The van der Waals surface area contributed by atoms with Gasteiger partial charge in [-0.05, 0) is 22.4 Å². The molecule has 3 rings (SSSR count). The van der Waals surface area contributed by atoms with Crippen LogP contribution in [0.2, 0.25) is 0 Å². The lowest BCUT2D eigenvalue weighted by atomic mass is 10.2. The van der Waals surface area contributed by atoms with Crippen LogP contribution in [0.15, 0.2) is 64.2 Å². The van der Waals surface area contributed by atoms with Gasteiger partial charge in [0.15, 0.2) is 0 Å². The Morgan fingerprint density at radius 1 is 1.21 bits per heavy atom. The number of rotatable bonds is 0. The van der Waals surface area contributed by atoms with Gasteiger partial charge in [-0.25, -0.2) is 0 Å². The van der Waals surface area contributed by atoms with Crippen molar-refractivity contribution in [1.29, 1.82) is 0 Å². The molecule has 0 radical (unpaired) electrons. The molecule has 92 valence electrons. The molecule has 0 N–H and O–H groups in total. The van der Waals surface area contributed by atoms with Crippen molar-refractivity contribution in [3.8, 4) is 0 Å². The smallest absolute Gasteiger partial charge is 0.249 e. The molecule has 2 aliphatic rings. The van der Waals surface area contributed by atoms with Crippen molar-refractivity contribution in [2.45, 2.75) is 6.42 Å². The summed E-state index contributed by atoms with van der Waals surface area (Å²) in [5.41, 5.74) is 0.771. The number of aliphatic imine (C=N–C) groups is 2. The summed E-state index contributed by atoms with van der Waals surface area (Å²) in [6, 6.07) is 8.09. The number of hydrogen-bond donors (Lipinski definition) is 0. The molecule has 1 aromatic rings. The number of benzene rings is 1. The van der Waals surface area contributed by atoms with Gasteiger partial charge in [0, 0.05) is 18.7 Å². The molecule has 0 aliphatic carbocycles.